The van der Waals surface area contributed by atoms with E-state index in [1.54, 1.807) is 0 Å². The number of aromatic nitrogens is 3. The maximum absolute atomic E-state index is 13.0. The van der Waals surface area contributed by atoms with E-state index >= 15 is 0 Å². The van der Waals surface area contributed by atoms with Crippen molar-refractivity contribution in [2.75, 3.05) is 30.4 Å². The van der Waals surface area contributed by atoms with Crippen molar-refractivity contribution in [1.82, 2.24) is 15.0 Å². The average molecular weight is 427 g/mol. The number of amides is 1. The molecule has 0 bridgehead atoms. The van der Waals surface area contributed by atoms with Gasteiger partial charge in [0.15, 0.2) is 6.67 Å². The fourth-order valence-corrected chi connectivity index (χ4v) is 3.29. The Morgan fingerprint density at radius 1 is 1.25 bits per heavy atom. The van der Waals surface area contributed by atoms with E-state index in [9.17, 15) is 31.1 Å². The molecule has 1 aliphatic heterocycles. The van der Waals surface area contributed by atoms with Crippen LogP contribution in [0.4, 0.5) is 38.1 Å². The minimum Gasteiger partial charge on any atom is -0.329 e. The summed E-state index contributed by atoms with van der Waals surface area (Å²) in [4.78, 5) is 24.3. The summed E-state index contributed by atoms with van der Waals surface area (Å²) in [6, 6.07) is -1.57. The van der Waals surface area contributed by atoms with Gasteiger partial charge in [-0.2, -0.15) is 13.2 Å². The third-order valence-electron chi connectivity index (χ3n) is 3.67. The van der Waals surface area contributed by atoms with E-state index in [0.29, 0.717) is 17.0 Å². The molecule has 1 saturated heterocycles. The van der Waals surface area contributed by atoms with Crippen LogP contribution in [0, 0.1) is 0 Å². The number of anilines is 2. The van der Waals surface area contributed by atoms with E-state index in [1.165, 1.54) is 29.1 Å². The highest BCUT2D eigenvalue weighted by molar-refractivity contribution is 7.13. The predicted molar refractivity (Wildman–Crippen MR) is 91.3 cm³/mol. The summed E-state index contributed by atoms with van der Waals surface area (Å²) in [5.74, 6) is -0.592. The Kier molecular flexibility index (Phi) is 7.54. The third kappa shape index (κ3) is 5.53. The standard InChI is InChI=1S/C14H13F4N5OS.CH2F2/c15-4-11(24)21-10-7-25-12(22-10)8-5-19-13(20-6-8)23-3-1-2-9(23)14(16,17)18;2-1-3/h5-7,9H,1-4H2,(H,21,24);1H2. The lowest BCUT2D eigenvalue weighted by Gasteiger charge is -2.26. The van der Waals surface area contributed by atoms with Gasteiger partial charge in [-0.05, 0) is 12.8 Å². The monoisotopic (exact) mass is 427 g/mol. The van der Waals surface area contributed by atoms with Crippen molar-refractivity contribution in [2.45, 2.75) is 25.1 Å². The number of hydrogen-bond donors (Lipinski definition) is 1. The molecule has 154 valence electrons. The minimum absolute atomic E-state index is 0.0195. The normalized spacial score (nSPS) is 16.5. The van der Waals surface area contributed by atoms with Crippen LogP contribution >= 0.6 is 11.3 Å². The van der Waals surface area contributed by atoms with Crippen LogP contribution in [0.15, 0.2) is 17.8 Å². The number of alkyl halides is 6. The van der Waals surface area contributed by atoms with Crippen LogP contribution in [0.1, 0.15) is 12.8 Å². The Morgan fingerprint density at radius 3 is 2.46 bits per heavy atom. The van der Waals surface area contributed by atoms with Crippen molar-refractivity contribution in [3.63, 3.8) is 0 Å². The number of carbonyl (C=O) groups excluding carboxylic acids is 1. The summed E-state index contributed by atoms with van der Waals surface area (Å²) >= 11 is 1.18. The van der Waals surface area contributed by atoms with Crippen molar-refractivity contribution in [3.05, 3.63) is 17.8 Å². The Labute approximate surface area is 159 Å². The van der Waals surface area contributed by atoms with Gasteiger partial charge < -0.3 is 10.2 Å². The largest absolute Gasteiger partial charge is 0.408 e. The summed E-state index contributed by atoms with van der Waals surface area (Å²) in [7, 11) is 0. The van der Waals surface area contributed by atoms with Crippen LogP contribution in [-0.2, 0) is 4.79 Å². The average Bonchev–Trinajstić information content (AvgIpc) is 3.31. The highest BCUT2D eigenvalue weighted by atomic mass is 32.1. The minimum atomic E-state index is -4.32. The molecule has 1 N–H and O–H groups in total. The molecule has 1 amide bonds. The second kappa shape index (κ2) is 9.66. The molecular weight excluding hydrogens is 412 g/mol. The van der Waals surface area contributed by atoms with E-state index < -0.39 is 31.7 Å². The zero-order valence-corrected chi connectivity index (χ0v) is 15.0. The number of nitrogens with one attached hydrogen (secondary N) is 1. The van der Waals surface area contributed by atoms with E-state index in [0.717, 1.165) is 4.90 Å². The van der Waals surface area contributed by atoms with Crippen LogP contribution in [0.5, 0.6) is 0 Å². The van der Waals surface area contributed by atoms with Crippen molar-refractivity contribution < 1.29 is 31.1 Å². The first-order chi connectivity index (χ1) is 13.3. The van der Waals surface area contributed by atoms with Crippen LogP contribution in [-0.4, -0.2) is 53.2 Å². The number of rotatable bonds is 4. The molecule has 0 spiro atoms. The van der Waals surface area contributed by atoms with Crippen molar-refractivity contribution >= 4 is 29.0 Å². The second-order valence-corrected chi connectivity index (χ2v) is 6.34. The van der Waals surface area contributed by atoms with Crippen molar-refractivity contribution in [2.24, 2.45) is 0 Å². The number of nitrogens with zero attached hydrogens (tertiary/aromatic N) is 4. The molecule has 0 saturated carbocycles. The first-order valence-corrected chi connectivity index (χ1v) is 8.77. The summed E-state index contributed by atoms with van der Waals surface area (Å²) in [6.07, 6.45) is -1.10. The highest BCUT2D eigenvalue weighted by Gasteiger charge is 2.46. The molecular formula is C15H15F6N5OS. The lowest BCUT2D eigenvalue weighted by molar-refractivity contribution is -0.146. The highest BCUT2D eigenvalue weighted by Crippen LogP contribution is 2.35. The van der Waals surface area contributed by atoms with Crippen LogP contribution < -0.4 is 10.2 Å². The molecule has 1 atom stereocenters. The zero-order chi connectivity index (χ0) is 20.7. The molecule has 1 unspecified atom stereocenters. The van der Waals surface area contributed by atoms with Crippen LogP contribution in [0.25, 0.3) is 10.6 Å². The van der Waals surface area contributed by atoms with Gasteiger partial charge in [0.05, 0.1) is 0 Å². The molecule has 28 heavy (non-hydrogen) atoms. The van der Waals surface area contributed by atoms with Crippen molar-refractivity contribution in [3.8, 4) is 10.6 Å². The summed E-state index contributed by atoms with van der Waals surface area (Å²) in [5.41, 5.74) is 0.497. The van der Waals surface area contributed by atoms with Gasteiger partial charge in [-0.3, -0.25) is 4.79 Å². The van der Waals surface area contributed by atoms with Gasteiger partial charge in [0.2, 0.25) is 12.9 Å². The molecule has 3 rings (SSSR count). The third-order valence-corrected chi connectivity index (χ3v) is 4.56. The van der Waals surface area contributed by atoms with Gasteiger partial charge in [-0.15, -0.1) is 11.3 Å². The predicted octanol–water partition coefficient (Wildman–Crippen LogP) is 3.92. The fraction of sp³-hybridized carbons (Fsp3) is 0.467. The van der Waals surface area contributed by atoms with E-state index in [-0.39, 0.29) is 24.7 Å². The number of hydrogen-bond acceptors (Lipinski definition) is 6. The lowest BCUT2D eigenvalue weighted by atomic mass is 10.2. The molecule has 2 aromatic rings. The van der Waals surface area contributed by atoms with E-state index in [2.05, 4.69) is 20.3 Å². The Hall–Kier alpha value is -2.44. The first kappa shape index (κ1) is 21.9. The number of halogens is 6. The van der Waals surface area contributed by atoms with Gasteiger partial charge in [-0.25, -0.2) is 28.1 Å². The van der Waals surface area contributed by atoms with Crippen LogP contribution in [0.3, 0.4) is 0 Å². The van der Waals surface area contributed by atoms with Gasteiger partial charge in [0.1, 0.15) is 16.9 Å². The van der Waals surface area contributed by atoms with Gasteiger partial charge in [0, 0.05) is 29.9 Å². The first-order valence-electron chi connectivity index (χ1n) is 7.89. The molecule has 0 radical (unpaired) electrons. The molecule has 6 nitrogen and oxygen atoms in total. The summed E-state index contributed by atoms with van der Waals surface area (Å²) in [6.45, 7) is -2.65. The van der Waals surface area contributed by atoms with Gasteiger partial charge in [-0.1, -0.05) is 0 Å². The van der Waals surface area contributed by atoms with E-state index in [1.807, 2.05) is 0 Å². The van der Waals surface area contributed by atoms with Gasteiger partial charge in [0.25, 0.3) is 5.91 Å². The second-order valence-electron chi connectivity index (χ2n) is 5.49. The SMILES string of the molecule is FCF.O=C(CF)Nc1csc(-c2cnc(N3CCCC3C(F)(F)F)nc2)n1. The Morgan fingerprint density at radius 2 is 1.89 bits per heavy atom. The molecule has 1 fully saturated rings. The van der Waals surface area contributed by atoms with Gasteiger partial charge >= 0.3 is 6.18 Å². The topological polar surface area (TPSA) is 71.0 Å². The molecule has 0 aliphatic carbocycles. The summed E-state index contributed by atoms with van der Waals surface area (Å²) < 4.78 is 70.4. The molecule has 0 aromatic carbocycles. The molecule has 1 aliphatic rings. The number of thiazole rings is 1. The zero-order valence-electron chi connectivity index (χ0n) is 14.2. The number of carbonyl (C=O) groups is 1. The molecule has 13 heteroatoms. The maximum Gasteiger partial charge on any atom is 0.408 e. The Bertz CT molecular complexity index is 769. The van der Waals surface area contributed by atoms with Crippen LogP contribution in [0.2, 0.25) is 0 Å². The Balaban J connectivity index is 0.000000878. The molecule has 2 aromatic heterocycles. The fourth-order valence-electron chi connectivity index (χ4n) is 2.57. The smallest absolute Gasteiger partial charge is 0.329 e. The molecule has 3 heterocycles. The van der Waals surface area contributed by atoms with E-state index in [4.69, 9.17) is 0 Å². The maximum atomic E-state index is 13.0. The lowest BCUT2D eigenvalue weighted by Crippen LogP contribution is -2.42. The van der Waals surface area contributed by atoms with Crippen molar-refractivity contribution in [1.29, 1.82) is 0 Å². The quantitative estimate of drug-likeness (QED) is 0.749. The summed E-state index contributed by atoms with van der Waals surface area (Å²) in [5, 5.41) is 4.26.